The quantitative estimate of drug-likeness (QED) is 0.124. The first-order chi connectivity index (χ1) is 28.7. The molecule has 0 radical (unpaired) electrons. The number of anilines is 1. The molecular weight excluding hydrogens is 801 g/mol. The van der Waals surface area contributed by atoms with Crippen LogP contribution in [0.1, 0.15) is 33.2 Å². The Morgan fingerprint density at radius 3 is 1.58 bits per heavy atom. The number of nitriles is 1. The number of rotatable bonds is 19. The maximum absolute atomic E-state index is 14.3. The van der Waals surface area contributed by atoms with E-state index in [-0.39, 0.29) is 58.5 Å². The summed E-state index contributed by atoms with van der Waals surface area (Å²) < 4.78 is 32.6. The number of carbonyl (C=O) groups excluding carboxylic acids is 5. The minimum atomic E-state index is -0.610. The van der Waals surface area contributed by atoms with Gasteiger partial charge in [-0.05, 0) is 67.6 Å². The van der Waals surface area contributed by atoms with Crippen LogP contribution in [0.25, 0.3) is 0 Å². The van der Waals surface area contributed by atoms with E-state index in [0.29, 0.717) is 106 Å². The summed E-state index contributed by atoms with van der Waals surface area (Å²) in [5, 5.41) is 10.2. The van der Waals surface area contributed by atoms with Crippen molar-refractivity contribution in [2.24, 2.45) is 0 Å². The van der Waals surface area contributed by atoms with Crippen molar-refractivity contribution in [2.75, 3.05) is 104 Å². The Bertz CT molecular complexity index is 1960. The number of hydrogen-bond donors (Lipinski definition) is 0. The number of ketones is 1. The van der Waals surface area contributed by atoms with Crippen LogP contribution in [-0.2, 0) is 38.1 Å². The number of amides is 4. The zero-order valence-electron chi connectivity index (χ0n) is 32.6. The summed E-state index contributed by atoms with van der Waals surface area (Å²) in [6, 6.07) is 20.3. The number of hydrogen-bond acceptors (Lipinski definition) is 14. The maximum atomic E-state index is 14.3. The fraction of sp³-hybridized carbons (Fsp3) is 0.381. The van der Waals surface area contributed by atoms with Crippen LogP contribution in [0.3, 0.4) is 0 Å². The Balaban J connectivity index is 1.14. The van der Waals surface area contributed by atoms with Crippen molar-refractivity contribution in [3.05, 3.63) is 93.2 Å². The number of Topliss-reactive ketones (excluding diaryl/α,β-unsaturated/α-hetero) is 1. The maximum Gasteiger partial charge on any atom is 0.273 e. The van der Waals surface area contributed by atoms with Crippen LogP contribution < -0.4 is 9.64 Å². The van der Waals surface area contributed by atoms with E-state index in [2.05, 4.69) is 6.07 Å². The topological polar surface area (TPSA) is 174 Å². The van der Waals surface area contributed by atoms with Crippen molar-refractivity contribution in [2.45, 2.75) is 16.7 Å². The Labute approximate surface area is 350 Å². The number of morpholine rings is 2. The summed E-state index contributed by atoms with van der Waals surface area (Å²) >= 11 is 2.19. The lowest BCUT2D eigenvalue weighted by Crippen LogP contribution is -2.40. The highest BCUT2D eigenvalue weighted by atomic mass is 32.2. The number of imide groups is 1. The number of nitrogens with zero attached hydrogens (tertiary/aromatic N) is 4. The fourth-order valence-electron chi connectivity index (χ4n) is 6.12. The Hall–Kier alpha value is -5.06. The third kappa shape index (κ3) is 11.8. The van der Waals surface area contributed by atoms with Crippen molar-refractivity contribution in [1.29, 1.82) is 5.26 Å². The predicted octanol–water partition coefficient (Wildman–Crippen LogP) is 4.19. The lowest BCUT2D eigenvalue weighted by atomic mass is 10.1. The lowest BCUT2D eigenvalue weighted by Gasteiger charge is -2.26. The number of thioether (sulfide) groups is 2. The van der Waals surface area contributed by atoms with Crippen molar-refractivity contribution >= 4 is 58.6 Å². The van der Waals surface area contributed by atoms with Crippen LogP contribution in [0.5, 0.6) is 5.75 Å². The zero-order chi connectivity index (χ0) is 41.6. The molecule has 2 saturated heterocycles. The summed E-state index contributed by atoms with van der Waals surface area (Å²) in [5.74, 6) is -1.16. The monoisotopic (exact) mass is 844 g/mol. The second-order valence-corrected chi connectivity index (χ2v) is 15.5. The first kappa shape index (κ1) is 43.5. The zero-order valence-corrected chi connectivity index (χ0v) is 34.2. The van der Waals surface area contributed by atoms with Gasteiger partial charge in [0.25, 0.3) is 23.6 Å². The SMILES string of the molecule is CC(=O)COCCOCCOCCOc1ccc(N2C(=O)C(Sc3ccc(C(=O)N4CCOCC4)cc3)=C(Sc3ccc(C(=O)N4CCOCC4)cc3)C2=O)c(C#N)c1. The molecule has 3 heterocycles. The van der Waals surface area contributed by atoms with Crippen molar-refractivity contribution in [3.63, 3.8) is 0 Å². The molecule has 2 fully saturated rings. The van der Waals surface area contributed by atoms with Crippen molar-refractivity contribution in [3.8, 4) is 11.8 Å². The highest BCUT2D eigenvalue weighted by Crippen LogP contribution is 2.45. The summed E-state index contributed by atoms with van der Waals surface area (Å²) in [5.41, 5.74) is 1.14. The molecule has 0 spiro atoms. The van der Waals surface area contributed by atoms with Gasteiger partial charge < -0.3 is 38.2 Å². The van der Waals surface area contributed by atoms with Gasteiger partial charge in [-0.15, -0.1) is 0 Å². The number of carbonyl (C=O) groups is 5. The van der Waals surface area contributed by atoms with E-state index in [9.17, 15) is 29.2 Å². The third-order valence-electron chi connectivity index (χ3n) is 9.11. The van der Waals surface area contributed by atoms with Crippen LogP contribution in [0, 0.1) is 11.3 Å². The van der Waals surface area contributed by atoms with Crippen molar-refractivity contribution < 1.29 is 52.4 Å². The Morgan fingerprint density at radius 2 is 1.12 bits per heavy atom. The molecule has 59 heavy (non-hydrogen) atoms. The Kier molecular flexibility index (Phi) is 16.1. The molecule has 3 aliphatic heterocycles. The number of ether oxygens (including phenoxy) is 6. The molecular formula is C42H44N4O11S2. The first-order valence-electron chi connectivity index (χ1n) is 19.1. The average molecular weight is 845 g/mol. The summed E-state index contributed by atoms with van der Waals surface area (Å²) in [6.07, 6.45) is 0. The molecule has 15 nitrogen and oxygen atoms in total. The second-order valence-electron chi connectivity index (χ2n) is 13.3. The smallest absolute Gasteiger partial charge is 0.273 e. The van der Waals surface area contributed by atoms with Gasteiger partial charge in [0, 0.05) is 53.2 Å². The molecule has 17 heteroatoms. The minimum absolute atomic E-state index is 0.0515. The second kappa shape index (κ2) is 21.8. The molecule has 0 saturated carbocycles. The highest BCUT2D eigenvalue weighted by Gasteiger charge is 2.41. The van der Waals surface area contributed by atoms with Gasteiger partial charge in [-0.25, -0.2) is 4.90 Å². The van der Waals surface area contributed by atoms with Crippen LogP contribution in [-0.4, -0.2) is 138 Å². The van der Waals surface area contributed by atoms with E-state index in [1.54, 1.807) is 64.4 Å². The molecule has 0 atom stereocenters. The molecule has 0 aliphatic carbocycles. The van der Waals surface area contributed by atoms with E-state index < -0.39 is 11.8 Å². The van der Waals surface area contributed by atoms with Crippen LogP contribution in [0.2, 0.25) is 0 Å². The van der Waals surface area contributed by atoms with Gasteiger partial charge in [-0.2, -0.15) is 5.26 Å². The molecule has 0 bridgehead atoms. The molecule has 0 aromatic heterocycles. The lowest BCUT2D eigenvalue weighted by molar-refractivity contribution is -0.122. The molecule has 3 aliphatic rings. The number of benzene rings is 3. The van der Waals surface area contributed by atoms with Gasteiger partial charge in [0.2, 0.25) is 0 Å². The predicted molar refractivity (Wildman–Crippen MR) is 217 cm³/mol. The molecule has 3 aromatic carbocycles. The van der Waals surface area contributed by atoms with Gasteiger partial charge in [0.15, 0.2) is 5.78 Å². The standard InChI is InChI=1S/C42H44N4O11S2/c1-29(47)28-56-23-22-54-20-21-55-24-25-57-33-6-11-36(32(26-33)27-43)46-41(50)37(58-34-7-2-30(3-8-34)39(48)44-12-16-52-17-13-44)38(42(46)51)59-35-9-4-31(5-10-35)40(49)45-14-18-53-19-15-45/h2-11,26H,12-25,28H2,1H3. The van der Waals surface area contributed by atoms with Crippen LogP contribution in [0.15, 0.2) is 86.3 Å². The van der Waals surface area contributed by atoms with E-state index in [1.165, 1.54) is 19.1 Å². The summed E-state index contributed by atoms with van der Waals surface area (Å²) in [4.78, 5) is 71.6. The molecule has 0 unspecified atom stereocenters. The molecule has 6 rings (SSSR count). The first-order valence-corrected chi connectivity index (χ1v) is 20.7. The van der Waals surface area contributed by atoms with Crippen LogP contribution in [0.4, 0.5) is 5.69 Å². The van der Waals surface area contributed by atoms with Crippen molar-refractivity contribution in [1.82, 2.24) is 9.80 Å². The molecule has 3 aromatic rings. The Morgan fingerprint density at radius 1 is 0.661 bits per heavy atom. The summed E-state index contributed by atoms with van der Waals surface area (Å²) in [7, 11) is 0. The van der Waals surface area contributed by atoms with Gasteiger partial charge in [0.05, 0.1) is 80.5 Å². The fourth-order valence-corrected chi connectivity index (χ4v) is 8.10. The minimum Gasteiger partial charge on any atom is -0.491 e. The van der Waals surface area contributed by atoms with Gasteiger partial charge in [-0.3, -0.25) is 24.0 Å². The van der Waals surface area contributed by atoms with Crippen LogP contribution >= 0.6 is 23.5 Å². The largest absolute Gasteiger partial charge is 0.491 e. The normalized spacial score (nSPS) is 15.8. The third-order valence-corrected chi connectivity index (χ3v) is 11.4. The van der Waals surface area contributed by atoms with Gasteiger partial charge in [-0.1, -0.05) is 23.5 Å². The average Bonchev–Trinajstić information content (AvgIpc) is 3.49. The van der Waals surface area contributed by atoms with E-state index in [4.69, 9.17) is 28.4 Å². The van der Waals surface area contributed by atoms with E-state index >= 15 is 0 Å². The van der Waals surface area contributed by atoms with Gasteiger partial charge in [0.1, 0.15) is 25.0 Å². The summed E-state index contributed by atoms with van der Waals surface area (Å²) in [6.45, 7) is 7.15. The molecule has 4 amide bonds. The molecule has 310 valence electrons. The highest BCUT2D eigenvalue weighted by molar-refractivity contribution is 8.08. The van der Waals surface area contributed by atoms with E-state index in [1.807, 2.05) is 0 Å². The van der Waals surface area contributed by atoms with Gasteiger partial charge >= 0.3 is 0 Å². The molecule has 0 N–H and O–H groups in total. The van der Waals surface area contributed by atoms with E-state index in [0.717, 1.165) is 28.4 Å².